The Morgan fingerprint density at radius 3 is 2.38 bits per heavy atom. The number of nitrogens with zero attached hydrogens (tertiary/aromatic N) is 1. The van der Waals surface area contributed by atoms with Gasteiger partial charge in [-0.1, -0.05) is 55.5 Å². The maximum absolute atomic E-state index is 12.9. The fraction of sp³-hybridized carbons (Fsp3) is 0.238. The van der Waals surface area contributed by atoms with Crippen LogP contribution in [0.25, 0.3) is 22.2 Å². The van der Waals surface area contributed by atoms with Crippen molar-refractivity contribution in [3.63, 3.8) is 0 Å². The van der Waals surface area contributed by atoms with Crippen molar-refractivity contribution in [1.29, 1.82) is 0 Å². The number of amides is 1. The van der Waals surface area contributed by atoms with Crippen LogP contribution in [0, 0.1) is 0 Å². The van der Waals surface area contributed by atoms with Crippen LogP contribution in [0.15, 0.2) is 54.6 Å². The van der Waals surface area contributed by atoms with Crippen molar-refractivity contribution in [2.45, 2.75) is 33.2 Å². The summed E-state index contributed by atoms with van der Waals surface area (Å²) in [4.78, 5) is 17.8. The molecule has 0 fully saturated rings. The maximum atomic E-state index is 12.9. The van der Waals surface area contributed by atoms with Gasteiger partial charge in [0.1, 0.15) is 0 Å². The van der Waals surface area contributed by atoms with Crippen LogP contribution in [0.5, 0.6) is 0 Å². The third kappa shape index (κ3) is 3.02. The second-order valence-corrected chi connectivity index (χ2v) is 6.18. The summed E-state index contributed by atoms with van der Waals surface area (Å²) >= 11 is 0. The monoisotopic (exact) mass is 318 g/mol. The van der Waals surface area contributed by atoms with Gasteiger partial charge < -0.3 is 5.32 Å². The summed E-state index contributed by atoms with van der Waals surface area (Å²) in [7, 11) is 0. The lowest BCUT2D eigenvalue weighted by molar-refractivity contribution is 0.0944. The molecular weight excluding hydrogens is 296 g/mol. The standard InChI is InChI=1S/C21H22N2O/c1-4-16-19(21(24)22-14(2)3)17-12-8-9-13-18(17)23-20(16)15-10-6-5-7-11-15/h5-14H,4H2,1-3H3,(H,22,24). The molecule has 0 aliphatic carbocycles. The maximum Gasteiger partial charge on any atom is 0.252 e. The van der Waals surface area contributed by atoms with Gasteiger partial charge in [0.05, 0.1) is 16.8 Å². The van der Waals surface area contributed by atoms with E-state index in [1.165, 1.54) is 0 Å². The summed E-state index contributed by atoms with van der Waals surface area (Å²) in [6.07, 6.45) is 0.753. The van der Waals surface area contributed by atoms with E-state index in [4.69, 9.17) is 4.98 Å². The number of pyridine rings is 1. The van der Waals surface area contributed by atoms with Crippen molar-refractivity contribution in [2.75, 3.05) is 0 Å². The van der Waals surface area contributed by atoms with E-state index >= 15 is 0 Å². The van der Waals surface area contributed by atoms with Crippen molar-refractivity contribution < 1.29 is 4.79 Å². The zero-order chi connectivity index (χ0) is 17.1. The Morgan fingerprint density at radius 1 is 1.04 bits per heavy atom. The zero-order valence-electron chi connectivity index (χ0n) is 14.3. The predicted molar refractivity (Wildman–Crippen MR) is 99.2 cm³/mol. The molecule has 24 heavy (non-hydrogen) atoms. The Bertz CT molecular complexity index is 870. The molecule has 0 aliphatic rings. The first-order chi connectivity index (χ1) is 11.6. The number of carbonyl (C=O) groups is 1. The topological polar surface area (TPSA) is 42.0 Å². The van der Waals surface area contributed by atoms with Crippen LogP contribution in [0.2, 0.25) is 0 Å². The SMILES string of the molecule is CCc1c(-c2ccccc2)nc2ccccc2c1C(=O)NC(C)C. The predicted octanol–water partition coefficient (Wildman–Crippen LogP) is 4.60. The Hall–Kier alpha value is -2.68. The third-order valence-corrected chi connectivity index (χ3v) is 4.04. The first-order valence-electron chi connectivity index (χ1n) is 8.39. The summed E-state index contributed by atoms with van der Waals surface area (Å²) in [6, 6.07) is 18.0. The van der Waals surface area contributed by atoms with Crippen LogP contribution in [-0.2, 0) is 6.42 Å². The van der Waals surface area contributed by atoms with Gasteiger partial charge in [-0.3, -0.25) is 4.79 Å². The van der Waals surface area contributed by atoms with Gasteiger partial charge in [0.2, 0.25) is 0 Å². The van der Waals surface area contributed by atoms with Crippen molar-refractivity contribution in [3.05, 3.63) is 65.7 Å². The minimum Gasteiger partial charge on any atom is -0.350 e. The molecule has 0 aliphatic heterocycles. The fourth-order valence-corrected chi connectivity index (χ4v) is 3.02. The molecule has 3 rings (SSSR count). The van der Waals surface area contributed by atoms with Crippen LogP contribution in [0.4, 0.5) is 0 Å². The summed E-state index contributed by atoms with van der Waals surface area (Å²) in [6.45, 7) is 6.03. The van der Waals surface area contributed by atoms with Crippen LogP contribution >= 0.6 is 0 Å². The van der Waals surface area contributed by atoms with Gasteiger partial charge in [0.15, 0.2) is 0 Å². The average molecular weight is 318 g/mol. The second-order valence-electron chi connectivity index (χ2n) is 6.18. The zero-order valence-corrected chi connectivity index (χ0v) is 14.3. The average Bonchev–Trinajstić information content (AvgIpc) is 2.60. The summed E-state index contributed by atoms with van der Waals surface area (Å²) in [5.74, 6) is -0.0300. The third-order valence-electron chi connectivity index (χ3n) is 4.04. The molecule has 2 aromatic carbocycles. The largest absolute Gasteiger partial charge is 0.350 e. The van der Waals surface area contributed by atoms with Crippen LogP contribution in [0.1, 0.15) is 36.7 Å². The number of benzene rings is 2. The normalized spacial score (nSPS) is 11.0. The smallest absolute Gasteiger partial charge is 0.252 e. The van der Waals surface area contributed by atoms with Crippen molar-refractivity contribution >= 4 is 16.8 Å². The van der Waals surface area contributed by atoms with Crippen molar-refractivity contribution in [1.82, 2.24) is 10.3 Å². The van der Waals surface area contributed by atoms with Gasteiger partial charge in [0, 0.05) is 17.0 Å². The first-order valence-corrected chi connectivity index (χ1v) is 8.39. The van der Waals surface area contributed by atoms with E-state index in [9.17, 15) is 4.79 Å². The fourth-order valence-electron chi connectivity index (χ4n) is 3.02. The molecular formula is C21H22N2O. The van der Waals surface area contributed by atoms with E-state index in [1.54, 1.807) is 0 Å². The number of aromatic nitrogens is 1. The second kappa shape index (κ2) is 6.83. The molecule has 1 heterocycles. The minimum absolute atomic E-state index is 0.0300. The van der Waals surface area contributed by atoms with E-state index in [0.717, 1.165) is 39.7 Å². The van der Waals surface area contributed by atoms with E-state index in [1.807, 2.05) is 68.4 Å². The molecule has 0 bridgehead atoms. The Kier molecular flexibility index (Phi) is 4.61. The Labute approximate surface area is 142 Å². The number of nitrogens with one attached hydrogen (secondary N) is 1. The van der Waals surface area contributed by atoms with Crippen LogP contribution in [-0.4, -0.2) is 16.9 Å². The molecule has 122 valence electrons. The molecule has 3 aromatic rings. The highest BCUT2D eigenvalue weighted by molar-refractivity contribution is 6.09. The number of para-hydroxylation sites is 1. The number of hydrogen-bond donors (Lipinski definition) is 1. The van der Waals surface area contributed by atoms with Gasteiger partial charge in [-0.05, 0) is 31.9 Å². The highest BCUT2D eigenvalue weighted by Gasteiger charge is 2.20. The van der Waals surface area contributed by atoms with Gasteiger partial charge in [0.25, 0.3) is 5.91 Å². The molecule has 0 atom stereocenters. The lowest BCUT2D eigenvalue weighted by atomic mass is 9.94. The first kappa shape index (κ1) is 16.2. The summed E-state index contributed by atoms with van der Waals surface area (Å²) in [5, 5.41) is 3.95. The van der Waals surface area contributed by atoms with Crippen LogP contribution in [0.3, 0.4) is 0 Å². The quantitative estimate of drug-likeness (QED) is 0.763. The number of carbonyl (C=O) groups excluding carboxylic acids is 1. The molecule has 3 heteroatoms. The highest BCUT2D eigenvalue weighted by Crippen LogP contribution is 2.30. The molecule has 1 aromatic heterocycles. The Balaban J connectivity index is 2.32. The van der Waals surface area contributed by atoms with Gasteiger partial charge >= 0.3 is 0 Å². The molecule has 0 unspecified atom stereocenters. The number of fused-ring (bicyclic) bond motifs is 1. The van der Waals surface area contributed by atoms with Crippen molar-refractivity contribution in [2.24, 2.45) is 0 Å². The van der Waals surface area contributed by atoms with Crippen LogP contribution < -0.4 is 5.32 Å². The lowest BCUT2D eigenvalue weighted by Crippen LogP contribution is -2.31. The molecule has 0 saturated carbocycles. The van der Waals surface area contributed by atoms with E-state index in [-0.39, 0.29) is 11.9 Å². The van der Waals surface area contributed by atoms with E-state index in [2.05, 4.69) is 12.2 Å². The summed E-state index contributed by atoms with van der Waals surface area (Å²) in [5.41, 5.74) is 4.53. The van der Waals surface area contributed by atoms with E-state index < -0.39 is 0 Å². The molecule has 0 radical (unpaired) electrons. The molecule has 1 amide bonds. The highest BCUT2D eigenvalue weighted by atomic mass is 16.1. The minimum atomic E-state index is -0.0300. The van der Waals surface area contributed by atoms with Gasteiger partial charge in [-0.25, -0.2) is 4.98 Å². The number of hydrogen-bond acceptors (Lipinski definition) is 2. The van der Waals surface area contributed by atoms with Crippen molar-refractivity contribution in [3.8, 4) is 11.3 Å². The summed E-state index contributed by atoms with van der Waals surface area (Å²) < 4.78 is 0. The lowest BCUT2D eigenvalue weighted by Gasteiger charge is -2.17. The number of rotatable bonds is 4. The molecule has 0 spiro atoms. The molecule has 1 N–H and O–H groups in total. The molecule has 0 saturated heterocycles. The van der Waals surface area contributed by atoms with Gasteiger partial charge in [-0.15, -0.1) is 0 Å². The Morgan fingerprint density at radius 2 is 1.71 bits per heavy atom. The molecule has 3 nitrogen and oxygen atoms in total. The van der Waals surface area contributed by atoms with E-state index in [0.29, 0.717) is 0 Å². The van der Waals surface area contributed by atoms with Gasteiger partial charge in [-0.2, -0.15) is 0 Å².